The Morgan fingerprint density at radius 1 is 1.12 bits per heavy atom. The number of rotatable bonds is 7. The summed E-state index contributed by atoms with van der Waals surface area (Å²) < 4.78 is 5.61. The number of esters is 1. The first kappa shape index (κ1) is 24.3. The third-order valence-electron chi connectivity index (χ3n) is 10.8. The van der Waals surface area contributed by atoms with Crippen LogP contribution < -0.4 is 0 Å². The van der Waals surface area contributed by atoms with Gasteiger partial charge >= 0.3 is 5.97 Å². The average Bonchev–Trinajstić information content (AvgIpc) is 3.10. The van der Waals surface area contributed by atoms with Crippen molar-refractivity contribution >= 4 is 5.97 Å². The van der Waals surface area contributed by atoms with E-state index in [0.717, 1.165) is 42.4 Å². The molecule has 3 nitrogen and oxygen atoms in total. The average molecular weight is 445 g/mol. The smallest absolute Gasteiger partial charge is 0.302 e. The summed E-state index contributed by atoms with van der Waals surface area (Å²) >= 11 is 0. The minimum atomic E-state index is -0.127. The van der Waals surface area contributed by atoms with Gasteiger partial charge in [0.15, 0.2) is 0 Å². The van der Waals surface area contributed by atoms with Crippen LogP contribution in [0.25, 0.3) is 0 Å². The molecular formula is C29H48O3. The molecule has 0 aromatic heterocycles. The molecule has 3 fully saturated rings. The summed E-state index contributed by atoms with van der Waals surface area (Å²) in [6.45, 7) is 11.8. The van der Waals surface area contributed by atoms with Crippen LogP contribution in [-0.2, 0) is 9.53 Å². The van der Waals surface area contributed by atoms with E-state index in [1.54, 1.807) is 12.5 Å². The van der Waals surface area contributed by atoms with Crippen LogP contribution in [0, 0.1) is 46.3 Å². The second kappa shape index (κ2) is 9.43. The van der Waals surface area contributed by atoms with Crippen LogP contribution in [0.3, 0.4) is 0 Å². The summed E-state index contributed by atoms with van der Waals surface area (Å²) in [6.07, 6.45) is 16.5. The minimum Gasteiger partial charge on any atom is -0.462 e. The fourth-order valence-corrected chi connectivity index (χ4v) is 9.02. The largest absolute Gasteiger partial charge is 0.462 e. The predicted molar refractivity (Wildman–Crippen MR) is 130 cm³/mol. The summed E-state index contributed by atoms with van der Waals surface area (Å²) in [5, 5.41) is 9.35. The molecule has 0 spiro atoms. The first-order valence-electron chi connectivity index (χ1n) is 13.7. The number of aliphatic hydroxyl groups excluding tert-OH is 1. The van der Waals surface area contributed by atoms with Gasteiger partial charge in [-0.25, -0.2) is 0 Å². The number of carbonyl (C=O) groups is 1. The molecule has 0 bridgehead atoms. The molecule has 3 heteroatoms. The number of ether oxygens (including phenoxy) is 1. The quantitative estimate of drug-likeness (QED) is 0.342. The highest BCUT2D eigenvalue weighted by atomic mass is 16.5. The van der Waals surface area contributed by atoms with Crippen molar-refractivity contribution in [1.82, 2.24) is 0 Å². The van der Waals surface area contributed by atoms with E-state index in [9.17, 15) is 9.90 Å². The van der Waals surface area contributed by atoms with Crippen molar-refractivity contribution in [2.24, 2.45) is 46.3 Å². The maximum Gasteiger partial charge on any atom is 0.302 e. The number of aliphatic hydroxyl groups is 1. The van der Waals surface area contributed by atoms with Gasteiger partial charge in [-0.3, -0.25) is 4.79 Å². The van der Waals surface area contributed by atoms with Crippen molar-refractivity contribution in [2.45, 2.75) is 111 Å². The molecule has 0 aliphatic heterocycles. The highest BCUT2D eigenvalue weighted by Gasteiger charge is 2.59. The lowest BCUT2D eigenvalue weighted by Crippen LogP contribution is -2.51. The van der Waals surface area contributed by atoms with Gasteiger partial charge in [0.2, 0.25) is 0 Å². The molecule has 0 aromatic carbocycles. The lowest BCUT2D eigenvalue weighted by atomic mass is 9.47. The molecule has 3 saturated carbocycles. The number of carbonyl (C=O) groups excluding carboxylic acids is 1. The summed E-state index contributed by atoms with van der Waals surface area (Å²) in [7, 11) is 0. The van der Waals surface area contributed by atoms with Crippen LogP contribution in [0.1, 0.15) is 105 Å². The lowest BCUT2D eigenvalue weighted by molar-refractivity contribution is -0.148. The zero-order chi connectivity index (χ0) is 23.1. The van der Waals surface area contributed by atoms with Crippen LogP contribution in [0.4, 0.5) is 0 Å². The molecule has 0 saturated heterocycles. The summed E-state index contributed by atoms with van der Waals surface area (Å²) in [5.74, 6) is 4.54. The Bertz CT molecular complexity index is 713. The second-order valence-electron chi connectivity index (χ2n) is 12.7. The Kier molecular flexibility index (Phi) is 7.16. The standard InChI is InChI=1S/C29H48O3/c1-19(18-30)7-6-8-20(2)25-11-12-26-24-10-9-22-17-23(32-21(3)31)13-15-28(22,4)27(24)14-16-29(25,26)5/h9,19-20,23-27,30H,6-8,10-18H2,1-5H3/t19-,20+,23-,24-,25+,26+,27-,28-,29+/m0/s1. The van der Waals surface area contributed by atoms with Crippen molar-refractivity contribution in [2.75, 3.05) is 6.61 Å². The summed E-state index contributed by atoms with van der Waals surface area (Å²) in [4.78, 5) is 11.5. The molecule has 1 N–H and O–H groups in total. The Morgan fingerprint density at radius 3 is 2.62 bits per heavy atom. The van der Waals surface area contributed by atoms with Crippen LogP contribution in [0.5, 0.6) is 0 Å². The molecule has 4 rings (SSSR count). The molecule has 0 radical (unpaired) electrons. The number of allylic oxidation sites excluding steroid dienone is 1. The molecule has 0 heterocycles. The SMILES string of the molecule is CC(=O)O[C@H]1CC[C@@]2(C)C(=CC[C@H]3[C@H]4CC[C@H]([C@H](C)CCC[C@H](C)CO)[C@@]4(C)CC[C@@H]32)C1. The summed E-state index contributed by atoms with van der Waals surface area (Å²) in [5.41, 5.74) is 2.44. The topological polar surface area (TPSA) is 46.5 Å². The third kappa shape index (κ3) is 4.32. The monoisotopic (exact) mass is 444 g/mol. The fraction of sp³-hybridized carbons (Fsp3) is 0.897. The summed E-state index contributed by atoms with van der Waals surface area (Å²) in [6, 6.07) is 0. The maximum atomic E-state index is 11.5. The van der Waals surface area contributed by atoms with Gasteiger partial charge in [-0.1, -0.05) is 52.2 Å². The van der Waals surface area contributed by atoms with E-state index in [2.05, 4.69) is 33.8 Å². The Labute approximate surface area is 196 Å². The van der Waals surface area contributed by atoms with Crippen LogP contribution in [-0.4, -0.2) is 23.8 Å². The highest BCUT2D eigenvalue weighted by Crippen LogP contribution is 2.67. The molecule has 0 amide bonds. The third-order valence-corrected chi connectivity index (χ3v) is 10.8. The van der Waals surface area contributed by atoms with E-state index in [1.807, 2.05) is 0 Å². The second-order valence-corrected chi connectivity index (χ2v) is 12.7. The van der Waals surface area contributed by atoms with Gasteiger partial charge in [0.05, 0.1) is 0 Å². The first-order valence-corrected chi connectivity index (χ1v) is 13.7. The molecule has 9 atom stereocenters. The Hall–Kier alpha value is -0.830. The van der Waals surface area contributed by atoms with E-state index in [1.165, 1.54) is 57.8 Å². The zero-order valence-corrected chi connectivity index (χ0v) is 21.4. The Balaban J connectivity index is 1.44. The van der Waals surface area contributed by atoms with E-state index in [-0.39, 0.29) is 12.1 Å². The van der Waals surface area contributed by atoms with Gasteiger partial charge in [0.25, 0.3) is 0 Å². The normalized spacial score (nSPS) is 42.8. The molecule has 4 aliphatic rings. The van der Waals surface area contributed by atoms with Crippen molar-refractivity contribution in [3.05, 3.63) is 11.6 Å². The van der Waals surface area contributed by atoms with E-state index < -0.39 is 0 Å². The molecule has 4 aliphatic carbocycles. The van der Waals surface area contributed by atoms with E-state index >= 15 is 0 Å². The number of hydrogen-bond acceptors (Lipinski definition) is 3. The molecule has 182 valence electrons. The molecular weight excluding hydrogens is 396 g/mol. The highest BCUT2D eigenvalue weighted by molar-refractivity contribution is 5.66. The van der Waals surface area contributed by atoms with Gasteiger partial charge in [-0.05, 0) is 97.7 Å². The van der Waals surface area contributed by atoms with Gasteiger partial charge in [-0.2, -0.15) is 0 Å². The maximum absolute atomic E-state index is 11.5. The first-order chi connectivity index (χ1) is 15.2. The van der Waals surface area contributed by atoms with Crippen LogP contribution in [0.2, 0.25) is 0 Å². The minimum absolute atomic E-state index is 0.0995. The van der Waals surface area contributed by atoms with Crippen molar-refractivity contribution in [3.8, 4) is 0 Å². The van der Waals surface area contributed by atoms with Crippen molar-refractivity contribution in [3.63, 3.8) is 0 Å². The van der Waals surface area contributed by atoms with Gasteiger partial charge in [0, 0.05) is 20.0 Å². The van der Waals surface area contributed by atoms with Crippen LogP contribution in [0.15, 0.2) is 11.6 Å². The molecule has 32 heavy (non-hydrogen) atoms. The van der Waals surface area contributed by atoms with Crippen molar-refractivity contribution < 1.29 is 14.6 Å². The number of hydrogen-bond donors (Lipinski definition) is 1. The van der Waals surface area contributed by atoms with Crippen LogP contribution >= 0.6 is 0 Å². The van der Waals surface area contributed by atoms with E-state index in [4.69, 9.17) is 4.74 Å². The lowest BCUT2D eigenvalue weighted by Gasteiger charge is -2.58. The molecule has 0 unspecified atom stereocenters. The number of fused-ring (bicyclic) bond motifs is 5. The van der Waals surface area contributed by atoms with Gasteiger partial charge in [0.1, 0.15) is 6.10 Å². The predicted octanol–water partition coefficient (Wildman–Crippen LogP) is 6.93. The van der Waals surface area contributed by atoms with E-state index in [0.29, 0.717) is 23.4 Å². The van der Waals surface area contributed by atoms with Gasteiger partial charge < -0.3 is 9.84 Å². The zero-order valence-electron chi connectivity index (χ0n) is 21.4. The fourth-order valence-electron chi connectivity index (χ4n) is 9.02. The van der Waals surface area contributed by atoms with Gasteiger partial charge in [-0.15, -0.1) is 0 Å². The molecule has 0 aromatic rings. The van der Waals surface area contributed by atoms with Crippen molar-refractivity contribution in [1.29, 1.82) is 0 Å². The Morgan fingerprint density at radius 2 is 1.91 bits per heavy atom.